The highest BCUT2D eigenvalue weighted by Crippen LogP contribution is 2.67. The molecule has 0 amide bonds. The zero-order valence-electron chi connectivity index (χ0n) is 18.6. The second-order valence-electron chi connectivity index (χ2n) is 9.70. The summed E-state index contributed by atoms with van der Waals surface area (Å²) in [4.78, 5) is 27.6. The molecule has 6 rings (SSSR count). The molecule has 164 valence electrons. The van der Waals surface area contributed by atoms with Crippen molar-refractivity contribution in [1.82, 2.24) is 0 Å². The molecule has 31 heavy (non-hydrogen) atoms. The summed E-state index contributed by atoms with van der Waals surface area (Å²) in [6.07, 6.45) is 4.84. The lowest BCUT2D eigenvalue weighted by molar-refractivity contribution is -0.171. The van der Waals surface area contributed by atoms with E-state index in [9.17, 15) is 9.59 Å². The van der Waals surface area contributed by atoms with E-state index < -0.39 is 16.8 Å². The van der Waals surface area contributed by atoms with Crippen molar-refractivity contribution >= 4 is 11.6 Å². The number of hydrogen-bond acceptors (Lipinski definition) is 6. The Morgan fingerprint density at radius 1 is 1.26 bits per heavy atom. The summed E-state index contributed by atoms with van der Waals surface area (Å²) in [5.41, 5.74) is -0.969. The van der Waals surface area contributed by atoms with Crippen LogP contribution < -0.4 is 9.47 Å². The molecular formula is C25H28O6. The third kappa shape index (κ3) is 2.46. The number of hydrogen-bond donors (Lipinski definition) is 0. The maximum atomic E-state index is 13.9. The van der Waals surface area contributed by atoms with E-state index in [2.05, 4.69) is 0 Å². The van der Waals surface area contributed by atoms with Crippen molar-refractivity contribution in [2.45, 2.75) is 57.3 Å². The second kappa shape index (κ2) is 6.53. The van der Waals surface area contributed by atoms with E-state index in [-0.39, 0.29) is 30.2 Å². The summed E-state index contributed by atoms with van der Waals surface area (Å²) < 4.78 is 24.0. The summed E-state index contributed by atoms with van der Waals surface area (Å²) >= 11 is 0. The summed E-state index contributed by atoms with van der Waals surface area (Å²) in [5, 5.41) is 0. The Bertz CT molecular complexity index is 1050. The van der Waals surface area contributed by atoms with Crippen LogP contribution in [0.15, 0.2) is 41.5 Å². The molecule has 2 fully saturated rings. The highest BCUT2D eigenvalue weighted by molar-refractivity contribution is 6.18. The van der Waals surface area contributed by atoms with Crippen molar-refractivity contribution < 1.29 is 28.5 Å². The second-order valence-corrected chi connectivity index (χ2v) is 9.70. The van der Waals surface area contributed by atoms with E-state index in [1.165, 1.54) is 7.11 Å². The fourth-order valence-electron chi connectivity index (χ4n) is 6.05. The molecule has 6 heteroatoms. The van der Waals surface area contributed by atoms with E-state index >= 15 is 0 Å². The Labute approximate surface area is 182 Å². The normalized spacial score (nSPS) is 33.9. The minimum absolute atomic E-state index is 0.0126. The highest BCUT2D eigenvalue weighted by atomic mass is 16.7. The molecule has 5 aliphatic rings. The van der Waals surface area contributed by atoms with Crippen LogP contribution in [0.2, 0.25) is 0 Å². The van der Waals surface area contributed by atoms with Gasteiger partial charge in [-0.25, -0.2) is 0 Å². The third-order valence-electron chi connectivity index (χ3n) is 7.22. The van der Waals surface area contributed by atoms with Crippen molar-refractivity contribution in [2.24, 2.45) is 11.8 Å². The molecule has 4 bridgehead atoms. The lowest BCUT2D eigenvalue weighted by Crippen LogP contribution is -2.72. The molecule has 1 saturated heterocycles. The van der Waals surface area contributed by atoms with Gasteiger partial charge in [-0.3, -0.25) is 9.59 Å². The van der Waals surface area contributed by atoms with Gasteiger partial charge in [0.05, 0.1) is 5.60 Å². The van der Waals surface area contributed by atoms with E-state index in [4.69, 9.17) is 18.9 Å². The first-order valence-corrected chi connectivity index (χ1v) is 10.8. The first-order valence-electron chi connectivity index (χ1n) is 10.8. The fraction of sp³-hybridized carbons (Fsp3) is 0.520. The van der Waals surface area contributed by atoms with E-state index in [0.717, 1.165) is 5.57 Å². The Hall–Kier alpha value is -2.44. The van der Waals surface area contributed by atoms with Gasteiger partial charge in [-0.05, 0) is 46.2 Å². The molecule has 4 unspecified atom stereocenters. The van der Waals surface area contributed by atoms with Gasteiger partial charge in [0.1, 0.15) is 17.1 Å². The summed E-state index contributed by atoms with van der Waals surface area (Å²) in [6, 6.07) is 5.29. The van der Waals surface area contributed by atoms with Crippen LogP contribution in [0.1, 0.15) is 50.9 Å². The minimum atomic E-state index is -1.22. The summed E-state index contributed by atoms with van der Waals surface area (Å²) in [5.74, 6) is 0.233. The number of methoxy groups -OCH3 is 1. The summed E-state index contributed by atoms with van der Waals surface area (Å²) in [7, 11) is 1.53. The molecule has 4 atom stereocenters. The van der Waals surface area contributed by atoms with E-state index in [0.29, 0.717) is 35.5 Å². The van der Waals surface area contributed by atoms with Gasteiger partial charge in [-0.1, -0.05) is 23.8 Å². The van der Waals surface area contributed by atoms with Gasteiger partial charge in [0, 0.05) is 30.9 Å². The molecule has 0 N–H and O–H groups in total. The number of carbonyl (C=O) groups is 2. The molecular weight excluding hydrogens is 396 g/mol. The number of rotatable bonds is 5. The molecule has 1 aromatic carbocycles. The Morgan fingerprint density at radius 3 is 2.74 bits per heavy atom. The van der Waals surface area contributed by atoms with Gasteiger partial charge in [0.2, 0.25) is 0 Å². The number of ketones is 2. The van der Waals surface area contributed by atoms with Gasteiger partial charge in [0.25, 0.3) is 0 Å². The highest BCUT2D eigenvalue weighted by Gasteiger charge is 2.81. The van der Waals surface area contributed by atoms with Crippen molar-refractivity contribution in [3.63, 3.8) is 0 Å². The van der Waals surface area contributed by atoms with Crippen molar-refractivity contribution in [1.29, 1.82) is 0 Å². The minimum Gasteiger partial charge on any atom is -0.478 e. The van der Waals surface area contributed by atoms with Crippen LogP contribution in [0.4, 0.5) is 0 Å². The number of fused-ring (bicyclic) bond motifs is 1. The van der Waals surface area contributed by atoms with Crippen LogP contribution in [-0.4, -0.2) is 42.3 Å². The van der Waals surface area contributed by atoms with Crippen LogP contribution in [0, 0.1) is 11.8 Å². The number of carbonyl (C=O) groups excluding carboxylic acids is 2. The zero-order valence-corrected chi connectivity index (χ0v) is 18.6. The fourth-order valence-corrected chi connectivity index (χ4v) is 6.05. The van der Waals surface area contributed by atoms with E-state index in [1.54, 1.807) is 18.2 Å². The standard InChI is InChI=1S/C25H28O6/c1-14(2)9-10-24-22(27)15-11-16-21(26)20-17(29-13-28-5)7-6-8-18(20)30-25(16,24)19(12-15)23(3,4)31-24/h6-9,11,15,19H,10,12-13H2,1-5H3. The van der Waals surface area contributed by atoms with Gasteiger partial charge < -0.3 is 18.9 Å². The van der Waals surface area contributed by atoms with Gasteiger partial charge in [-0.2, -0.15) is 0 Å². The number of ether oxygens (including phenoxy) is 4. The lowest BCUT2D eigenvalue weighted by atomic mass is 9.51. The smallest absolute Gasteiger partial charge is 0.200 e. The van der Waals surface area contributed by atoms with Crippen molar-refractivity contribution in [3.8, 4) is 11.5 Å². The molecule has 1 aromatic rings. The SMILES string of the molecule is COCOc1cccc2c1C(=O)C1=CC3CC4C(C)(C)OC(CC=C(C)C)(C3=O)C14O2. The van der Waals surface area contributed by atoms with Gasteiger partial charge in [-0.15, -0.1) is 0 Å². The average Bonchev–Trinajstić information content (AvgIpc) is 2.88. The van der Waals surface area contributed by atoms with Gasteiger partial charge in [0.15, 0.2) is 29.6 Å². The number of allylic oxidation sites excluding steroid dienone is 2. The van der Waals surface area contributed by atoms with Crippen molar-refractivity contribution in [3.05, 3.63) is 47.1 Å². The monoisotopic (exact) mass is 424 g/mol. The Balaban J connectivity index is 1.74. The molecule has 0 radical (unpaired) electrons. The van der Waals surface area contributed by atoms with Crippen molar-refractivity contribution in [2.75, 3.05) is 13.9 Å². The van der Waals surface area contributed by atoms with Crippen LogP contribution >= 0.6 is 0 Å². The molecule has 1 saturated carbocycles. The molecule has 2 aliphatic heterocycles. The Kier molecular flexibility index (Phi) is 4.31. The predicted molar refractivity (Wildman–Crippen MR) is 113 cm³/mol. The maximum absolute atomic E-state index is 13.9. The third-order valence-corrected chi connectivity index (χ3v) is 7.22. The summed E-state index contributed by atoms with van der Waals surface area (Å²) in [6.45, 7) is 8.03. The van der Waals surface area contributed by atoms with Crippen LogP contribution in [0.5, 0.6) is 11.5 Å². The predicted octanol–water partition coefficient (Wildman–Crippen LogP) is 4.03. The molecule has 3 aliphatic carbocycles. The molecule has 0 aromatic heterocycles. The van der Waals surface area contributed by atoms with Crippen LogP contribution in [-0.2, 0) is 14.3 Å². The number of Topliss-reactive ketones (excluding diaryl/α,β-unsaturated/α-hetero) is 2. The molecule has 1 spiro atoms. The average molecular weight is 424 g/mol. The quantitative estimate of drug-likeness (QED) is 0.525. The Morgan fingerprint density at radius 2 is 2.03 bits per heavy atom. The first kappa shape index (κ1) is 20.5. The zero-order chi connectivity index (χ0) is 22.2. The van der Waals surface area contributed by atoms with Gasteiger partial charge >= 0.3 is 0 Å². The lowest BCUT2D eigenvalue weighted by Gasteiger charge is -2.56. The molecule has 6 nitrogen and oxygen atoms in total. The maximum Gasteiger partial charge on any atom is 0.200 e. The topological polar surface area (TPSA) is 71.1 Å². The molecule has 2 heterocycles. The number of benzene rings is 1. The van der Waals surface area contributed by atoms with Crippen LogP contribution in [0.3, 0.4) is 0 Å². The first-order chi connectivity index (χ1) is 14.7. The van der Waals surface area contributed by atoms with Crippen LogP contribution in [0.25, 0.3) is 0 Å². The van der Waals surface area contributed by atoms with E-state index in [1.807, 2.05) is 39.8 Å². The largest absolute Gasteiger partial charge is 0.478 e.